The van der Waals surface area contributed by atoms with E-state index < -0.39 is 0 Å². The lowest BCUT2D eigenvalue weighted by atomic mass is 10.0. The summed E-state index contributed by atoms with van der Waals surface area (Å²) < 4.78 is 12.9. The van der Waals surface area contributed by atoms with Crippen LogP contribution in [0.1, 0.15) is 38.7 Å². The van der Waals surface area contributed by atoms with Crippen LogP contribution in [-0.2, 0) is 11.2 Å². The molecule has 2 rings (SSSR count). The molecule has 0 spiro atoms. The molecule has 1 aliphatic rings. The van der Waals surface area contributed by atoms with Crippen LogP contribution in [0.2, 0.25) is 0 Å². The van der Waals surface area contributed by atoms with Crippen molar-refractivity contribution in [3.8, 4) is 0 Å². The van der Waals surface area contributed by atoms with Gasteiger partial charge >= 0.3 is 0 Å². The first kappa shape index (κ1) is 20.8. The molecule has 0 saturated carbocycles. The van der Waals surface area contributed by atoms with Crippen molar-refractivity contribution in [2.45, 2.75) is 51.6 Å². The third kappa shape index (κ3) is 6.36. The fourth-order valence-electron chi connectivity index (χ4n) is 3.82. The number of benzene rings is 1. The molecular formula is C21H34FN3O. The Morgan fingerprint density at radius 1 is 1.12 bits per heavy atom. The van der Waals surface area contributed by atoms with Crippen LogP contribution in [0.3, 0.4) is 0 Å². The number of carbonyl (C=O) groups is 1. The van der Waals surface area contributed by atoms with Crippen molar-refractivity contribution < 1.29 is 9.18 Å². The summed E-state index contributed by atoms with van der Waals surface area (Å²) in [5.41, 5.74) is 1.09. The Hall–Kier alpha value is -1.46. The van der Waals surface area contributed by atoms with Gasteiger partial charge in [0, 0.05) is 38.1 Å². The lowest BCUT2D eigenvalue weighted by Gasteiger charge is -2.44. The van der Waals surface area contributed by atoms with Gasteiger partial charge in [0.2, 0.25) is 5.91 Å². The van der Waals surface area contributed by atoms with Gasteiger partial charge in [-0.2, -0.15) is 0 Å². The summed E-state index contributed by atoms with van der Waals surface area (Å²) in [7, 11) is 4.21. The average molecular weight is 364 g/mol. The smallest absolute Gasteiger partial charge is 0.222 e. The van der Waals surface area contributed by atoms with Gasteiger partial charge in [-0.15, -0.1) is 0 Å². The Morgan fingerprint density at radius 3 is 2.31 bits per heavy atom. The number of amides is 1. The molecule has 1 aliphatic heterocycles. The number of nitrogens with zero attached hydrogens (tertiary/aromatic N) is 3. The first-order chi connectivity index (χ1) is 12.4. The average Bonchev–Trinajstić information content (AvgIpc) is 2.58. The normalized spacial score (nSPS) is 21.4. The summed E-state index contributed by atoms with van der Waals surface area (Å²) in [4.78, 5) is 19.4. The quantitative estimate of drug-likeness (QED) is 0.710. The van der Waals surface area contributed by atoms with Gasteiger partial charge in [-0.25, -0.2) is 4.39 Å². The van der Waals surface area contributed by atoms with Crippen molar-refractivity contribution in [2.24, 2.45) is 0 Å². The van der Waals surface area contributed by atoms with Crippen molar-refractivity contribution in [1.29, 1.82) is 0 Å². The molecule has 2 atom stereocenters. The summed E-state index contributed by atoms with van der Waals surface area (Å²) >= 11 is 0. The van der Waals surface area contributed by atoms with E-state index in [1.165, 1.54) is 12.1 Å². The van der Waals surface area contributed by atoms with Crippen LogP contribution in [0.5, 0.6) is 0 Å². The third-order valence-electron chi connectivity index (χ3n) is 5.25. The molecule has 1 saturated heterocycles. The minimum Gasteiger partial charge on any atom is -0.340 e. The van der Waals surface area contributed by atoms with Gasteiger partial charge in [0.05, 0.1) is 0 Å². The van der Waals surface area contributed by atoms with Crippen LogP contribution >= 0.6 is 0 Å². The van der Waals surface area contributed by atoms with Gasteiger partial charge in [0.1, 0.15) is 5.82 Å². The Labute approximate surface area is 158 Å². The molecule has 26 heavy (non-hydrogen) atoms. The maximum absolute atomic E-state index is 12.9. The largest absolute Gasteiger partial charge is 0.340 e. The van der Waals surface area contributed by atoms with Gasteiger partial charge in [-0.1, -0.05) is 12.1 Å². The molecule has 4 nitrogen and oxygen atoms in total. The maximum Gasteiger partial charge on any atom is 0.222 e. The highest BCUT2D eigenvalue weighted by molar-refractivity contribution is 5.76. The van der Waals surface area contributed by atoms with Crippen LogP contribution in [0.4, 0.5) is 4.39 Å². The van der Waals surface area contributed by atoms with Crippen molar-refractivity contribution in [1.82, 2.24) is 14.7 Å². The number of hydrogen-bond acceptors (Lipinski definition) is 3. The Kier molecular flexibility index (Phi) is 8.04. The second kappa shape index (κ2) is 10.0. The van der Waals surface area contributed by atoms with E-state index in [0.717, 1.165) is 51.0 Å². The fraction of sp³-hybridized carbons (Fsp3) is 0.667. The van der Waals surface area contributed by atoms with Gasteiger partial charge in [-0.05, 0) is 71.4 Å². The number of carbonyl (C=O) groups excluding carboxylic acids is 1. The standard InChI is InChI=1S/C21H34FN3O/c1-17-15-24(16-18(2)25(17)14-6-13-23(3)4)21(26)8-5-7-19-9-11-20(22)12-10-19/h9-12,17-18H,5-8,13-16H2,1-4H3. The number of halogens is 1. The molecule has 0 N–H and O–H groups in total. The first-order valence-electron chi connectivity index (χ1n) is 9.79. The second-order valence-corrected chi connectivity index (χ2v) is 7.87. The topological polar surface area (TPSA) is 26.8 Å². The van der Waals surface area contributed by atoms with E-state index in [1.54, 1.807) is 12.1 Å². The van der Waals surface area contributed by atoms with Crippen molar-refractivity contribution in [2.75, 3.05) is 40.3 Å². The summed E-state index contributed by atoms with van der Waals surface area (Å²) in [6.07, 6.45) is 3.36. The van der Waals surface area contributed by atoms with Crippen molar-refractivity contribution in [3.63, 3.8) is 0 Å². The molecule has 1 fully saturated rings. The molecule has 0 bridgehead atoms. The molecule has 0 radical (unpaired) electrons. The van der Waals surface area contributed by atoms with E-state index in [4.69, 9.17) is 0 Å². The molecule has 1 aromatic rings. The van der Waals surface area contributed by atoms with E-state index in [0.29, 0.717) is 18.5 Å². The van der Waals surface area contributed by atoms with Crippen LogP contribution in [0.25, 0.3) is 0 Å². The summed E-state index contributed by atoms with van der Waals surface area (Å²) in [5, 5.41) is 0. The lowest BCUT2D eigenvalue weighted by molar-refractivity contribution is -0.135. The van der Waals surface area contributed by atoms with Gasteiger partial charge in [0.15, 0.2) is 0 Å². The van der Waals surface area contributed by atoms with E-state index in [9.17, 15) is 9.18 Å². The van der Waals surface area contributed by atoms with Crippen molar-refractivity contribution in [3.05, 3.63) is 35.6 Å². The molecular weight excluding hydrogens is 329 g/mol. The molecule has 1 aromatic carbocycles. The monoisotopic (exact) mass is 363 g/mol. The summed E-state index contributed by atoms with van der Waals surface area (Å²) in [6.45, 7) is 8.28. The Balaban J connectivity index is 1.75. The maximum atomic E-state index is 12.9. The summed E-state index contributed by atoms with van der Waals surface area (Å²) in [5.74, 6) is 0.0370. The zero-order valence-corrected chi connectivity index (χ0v) is 16.7. The van der Waals surface area contributed by atoms with Gasteiger partial charge in [-0.3, -0.25) is 9.69 Å². The first-order valence-corrected chi connectivity index (χ1v) is 9.79. The SMILES string of the molecule is CC1CN(C(=O)CCCc2ccc(F)cc2)CC(C)N1CCCN(C)C. The predicted octanol–water partition coefficient (Wildman–Crippen LogP) is 3.02. The number of piperazine rings is 1. The van der Waals surface area contributed by atoms with Crippen LogP contribution < -0.4 is 0 Å². The molecule has 146 valence electrons. The van der Waals surface area contributed by atoms with Crippen LogP contribution in [-0.4, -0.2) is 73.0 Å². The highest BCUT2D eigenvalue weighted by atomic mass is 19.1. The number of hydrogen-bond donors (Lipinski definition) is 0. The summed E-state index contributed by atoms with van der Waals surface area (Å²) in [6, 6.07) is 7.38. The predicted molar refractivity (Wildman–Crippen MR) is 105 cm³/mol. The van der Waals surface area contributed by atoms with Crippen molar-refractivity contribution >= 4 is 5.91 Å². The molecule has 5 heteroatoms. The van der Waals surface area contributed by atoms with E-state index in [-0.39, 0.29) is 11.7 Å². The molecule has 1 heterocycles. The van der Waals surface area contributed by atoms with E-state index in [2.05, 4.69) is 37.7 Å². The molecule has 0 aliphatic carbocycles. The molecule has 0 aromatic heterocycles. The lowest BCUT2D eigenvalue weighted by Crippen LogP contribution is -2.58. The third-order valence-corrected chi connectivity index (χ3v) is 5.25. The fourth-order valence-corrected chi connectivity index (χ4v) is 3.82. The highest BCUT2D eigenvalue weighted by Gasteiger charge is 2.30. The number of rotatable bonds is 8. The molecule has 2 unspecified atom stereocenters. The van der Waals surface area contributed by atoms with Gasteiger partial charge < -0.3 is 9.80 Å². The minimum absolute atomic E-state index is 0.212. The zero-order chi connectivity index (χ0) is 19.1. The second-order valence-electron chi connectivity index (χ2n) is 7.87. The highest BCUT2D eigenvalue weighted by Crippen LogP contribution is 2.18. The Morgan fingerprint density at radius 2 is 1.73 bits per heavy atom. The van der Waals surface area contributed by atoms with Crippen LogP contribution in [0.15, 0.2) is 24.3 Å². The Bertz CT molecular complexity index is 549. The van der Waals surface area contributed by atoms with Gasteiger partial charge in [0.25, 0.3) is 0 Å². The molecule has 1 amide bonds. The minimum atomic E-state index is -0.212. The van der Waals surface area contributed by atoms with E-state index in [1.807, 2.05) is 4.90 Å². The van der Waals surface area contributed by atoms with Crippen LogP contribution in [0, 0.1) is 5.82 Å². The number of aryl methyl sites for hydroxylation is 1. The zero-order valence-electron chi connectivity index (χ0n) is 16.7. The van der Waals surface area contributed by atoms with E-state index >= 15 is 0 Å².